The molecular weight excluding hydrogens is 386 g/mol. The largest absolute Gasteiger partial charge is 0.488 e. The number of ether oxygens (including phenoxy) is 1. The van der Waals surface area contributed by atoms with Crippen LogP contribution in [0.25, 0.3) is 0 Å². The number of hydrogen-bond acceptors (Lipinski definition) is 2. The third-order valence-electron chi connectivity index (χ3n) is 3.84. The minimum Gasteiger partial charge on any atom is -0.488 e. The van der Waals surface area contributed by atoms with Crippen molar-refractivity contribution < 1.29 is 4.74 Å². The molecule has 0 aliphatic rings. The molecule has 0 saturated carbocycles. The second-order valence-corrected chi connectivity index (χ2v) is 7.21. The fourth-order valence-corrected chi connectivity index (χ4v) is 3.09. The van der Waals surface area contributed by atoms with Crippen LogP contribution in [0.5, 0.6) is 5.75 Å². The van der Waals surface area contributed by atoms with Crippen LogP contribution in [-0.2, 0) is 13.2 Å². The first kappa shape index (κ1) is 19.3. The summed E-state index contributed by atoms with van der Waals surface area (Å²) in [5, 5.41) is 4.24. The van der Waals surface area contributed by atoms with Gasteiger partial charge in [-0.05, 0) is 64.3 Å². The Labute approximate surface area is 158 Å². The number of benzene rings is 2. The van der Waals surface area contributed by atoms with E-state index in [-0.39, 0.29) is 0 Å². The minimum atomic E-state index is 0.533. The van der Waals surface area contributed by atoms with Crippen molar-refractivity contribution in [2.45, 2.75) is 45.8 Å². The van der Waals surface area contributed by atoms with Crippen molar-refractivity contribution in [3.63, 3.8) is 0 Å². The molecule has 0 fully saturated rings. The normalized spacial score (nSPS) is 10.8. The first-order chi connectivity index (χ1) is 11.7. The smallest absolute Gasteiger partial charge is 0.134 e. The standard InChI is InChI=1S/C20H25BrClNO/c1-2-3-4-5-12-23-14-17-8-11-20(19(21)13-17)24-15-16-6-9-18(22)10-7-16/h6-11,13,23H,2-5,12,14-15H2,1H3. The Kier molecular flexibility index (Phi) is 8.65. The number of nitrogens with one attached hydrogen (secondary N) is 1. The molecule has 2 nitrogen and oxygen atoms in total. The number of unbranched alkanes of at least 4 members (excludes halogenated alkanes) is 3. The average molecular weight is 411 g/mol. The zero-order valence-corrected chi connectivity index (χ0v) is 16.5. The summed E-state index contributed by atoms with van der Waals surface area (Å²) in [7, 11) is 0. The van der Waals surface area contributed by atoms with Gasteiger partial charge in [-0.2, -0.15) is 0 Å². The fourth-order valence-electron chi connectivity index (χ4n) is 2.42. The molecule has 0 amide bonds. The van der Waals surface area contributed by atoms with E-state index < -0.39 is 0 Å². The maximum Gasteiger partial charge on any atom is 0.134 e. The van der Waals surface area contributed by atoms with E-state index in [0.717, 1.165) is 33.9 Å². The Bertz CT molecular complexity index is 616. The van der Waals surface area contributed by atoms with E-state index in [9.17, 15) is 0 Å². The number of hydrogen-bond donors (Lipinski definition) is 1. The maximum atomic E-state index is 5.89. The molecular formula is C20H25BrClNO. The van der Waals surface area contributed by atoms with Crippen LogP contribution in [0, 0.1) is 0 Å². The third-order valence-corrected chi connectivity index (χ3v) is 4.71. The van der Waals surface area contributed by atoms with Crippen LogP contribution >= 0.6 is 27.5 Å². The highest BCUT2D eigenvalue weighted by Crippen LogP contribution is 2.27. The van der Waals surface area contributed by atoms with E-state index in [0.29, 0.717) is 6.61 Å². The first-order valence-corrected chi connectivity index (χ1v) is 9.72. The summed E-state index contributed by atoms with van der Waals surface area (Å²) in [6, 6.07) is 14.0. The summed E-state index contributed by atoms with van der Waals surface area (Å²) >= 11 is 9.50. The van der Waals surface area contributed by atoms with Crippen molar-refractivity contribution >= 4 is 27.5 Å². The molecule has 2 aromatic rings. The highest BCUT2D eigenvalue weighted by molar-refractivity contribution is 9.10. The lowest BCUT2D eigenvalue weighted by Gasteiger charge is -2.11. The van der Waals surface area contributed by atoms with E-state index >= 15 is 0 Å². The monoisotopic (exact) mass is 409 g/mol. The van der Waals surface area contributed by atoms with Crippen LogP contribution in [0.4, 0.5) is 0 Å². The van der Waals surface area contributed by atoms with E-state index in [4.69, 9.17) is 16.3 Å². The summed E-state index contributed by atoms with van der Waals surface area (Å²) < 4.78 is 6.86. The minimum absolute atomic E-state index is 0.533. The van der Waals surface area contributed by atoms with Crippen LogP contribution in [0.15, 0.2) is 46.9 Å². The van der Waals surface area contributed by atoms with Crippen molar-refractivity contribution in [2.24, 2.45) is 0 Å². The van der Waals surface area contributed by atoms with Gasteiger partial charge in [0.1, 0.15) is 12.4 Å². The van der Waals surface area contributed by atoms with Gasteiger partial charge in [-0.15, -0.1) is 0 Å². The molecule has 0 spiro atoms. The summed E-state index contributed by atoms with van der Waals surface area (Å²) in [5.74, 6) is 0.858. The van der Waals surface area contributed by atoms with Gasteiger partial charge in [0.15, 0.2) is 0 Å². The molecule has 1 N–H and O–H groups in total. The molecule has 2 aromatic carbocycles. The van der Waals surface area contributed by atoms with Crippen LogP contribution in [-0.4, -0.2) is 6.54 Å². The van der Waals surface area contributed by atoms with Gasteiger partial charge in [0, 0.05) is 11.6 Å². The number of rotatable bonds is 10. The lowest BCUT2D eigenvalue weighted by molar-refractivity contribution is 0.304. The quantitative estimate of drug-likeness (QED) is 0.461. The lowest BCUT2D eigenvalue weighted by Crippen LogP contribution is -2.14. The van der Waals surface area contributed by atoms with Gasteiger partial charge in [-0.1, -0.05) is 56.0 Å². The maximum absolute atomic E-state index is 5.89. The summed E-state index contributed by atoms with van der Waals surface area (Å²) in [6.45, 7) is 4.74. The molecule has 0 unspecified atom stereocenters. The average Bonchev–Trinajstić information content (AvgIpc) is 2.59. The summed E-state index contributed by atoms with van der Waals surface area (Å²) in [4.78, 5) is 0. The molecule has 0 saturated heterocycles. The molecule has 0 radical (unpaired) electrons. The van der Waals surface area contributed by atoms with Gasteiger partial charge in [-0.3, -0.25) is 0 Å². The molecule has 24 heavy (non-hydrogen) atoms. The van der Waals surface area contributed by atoms with Crippen LogP contribution in [0.1, 0.15) is 43.7 Å². The van der Waals surface area contributed by atoms with Crippen molar-refractivity contribution in [3.05, 3.63) is 63.1 Å². The highest BCUT2D eigenvalue weighted by atomic mass is 79.9. The topological polar surface area (TPSA) is 21.3 Å². The second-order valence-electron chi connectivity index (χ2n) is 5.92. The lowest BCUT2D eigenvalue weighted by atomic mass is 10.2. The Morgan fingerprint density at radius 1 is 1.00 bits per heavy atom. The van der Waals surface area contributed by atoms with Crippen LogP contribution in [0.3, 0.4) is 0 Å². The van der Waals surface area contributed by atoms with Crippen molar-refractivity contribution in [1.82, 2.24) is 5.32 Å². The Hall–Kier alpha value is -1.03. The fraction of sp³-hybridized carbons (Fsp3) is 0.400. The zero-order valence-electron chi connectivity index (χ0n) is 14.2. The SMILES string of the molecule is CCCCCCNCc1ccc(OCc2ccc(Cl)cc2)c(Br)c1. The molecule has 0 atom stereocenters. The summed E-state index contributed by atoms with van der Waals surface area (Å²) in [5.41, 5.74) is 2.36. The van der Waals surface area contributed by atoms with Crippen molar-refractivity contribution in [1.29, 1.82) is 0 Å². The highest BCUT2D eigenvalue weighted by Gasteiger charge is 2.04. The molecule has 0 aromatic heterocycles. The van der Waals surface area contributed by atoms with Crippen molar-refractivity contribution in [3.8, 4) is 5.75 Å². The molecule has 0 aliphatic heterocycles. The van der Waals surface area contributed by atoms with E-state index in [1.54, 1.807) is 0 Å². The van der Waals surface area contributed by atoms with Gasteiger partial charge in [-0.25, -0.2) is 0 Å². The Balaban J connectivity index is 1.77. The summed E-state index contributed by atoms with van der Waals surface area (Å²) in [6.07, 6.45) is 5.17. The third kappa shape index (κ3) is 6.84. The molecule has 130 valence electrons. The Morgan fingerprint density at radius 2 is 1.75 bits per heavy atom. The molecule has 0 bridgehead atoms. The zero-order chi connectivity index (χ0) is 17.2. The van der Waals surface area contributed by atoms with E-state index in [1.807, 2.05) is 30.3 Å². The molecule has 0 aliphatic carbocycles. The predicted molar refractivity (Wildman–Crippen MR) is 106 cm³/mol. The van der Waals surface area contributed by atoms with Gasteiger partial charge >= 0.3 is 0 Å². The van der Waals surface area contributed by atoms with Gasteiger partial charge in [0.25, 0.3) is 0 Å². The van der Waals surface area contributed by atoms with Crippen LogP contribution in [0.2, 0.25) is 5.02 Å². The molecule has 4 heteroatoms. The van der Waals surface area contributed by atoms with Gasteiger partial charge in [0.2, 0.25) is 0 Å². The molecule has 0 heterocycles. The van der Waals surface area contributed by atoms with E-state index in [2.05, 4.69) is 40.3 Å². The number of halogens is 2. The second kappa shape index (κ2) is 10.8. The predicted octanol–water partition coefficient (Wildman–Crippen LogP) is 6.35. The first-order valence-electron chi connectivity index (χ1n) is 8.55. The van der Waals surface area contributed by atoms with Crippen molar-refractivity contribution in [2.75, 3.05) is 6.54 Å². The molecule has 2 rings (SSSR count). The van der Waals surface area contributed by atoms with Gasteiger partial charge < -0.3 is 10.1 Å². The van der Waals surface area contributed by atoms with Crippen LogP contribution < -0.4 is 10.1 Å². The van der Waals surface area contributed by atoms with E-state index in [1.165, 1.54) is 31.2 Å². The Morgan fingerprint density at radius 3 is 2.46 bits per heavy atom. The van der Waals surface area contributed by atoms with Gasteiger partial charge in [0.05, 0.1) is 4.47 Å².